The van der Waals surface area contributed by atoms with Crippen LogP contribution < -0.4 is 20.3 Å². The van der Waals surface area contributed by atoms with E-state index in [0.29, 0.717) is 31.5 Å². The molecular weight excluding hydrogens is 236 g/mol. The van der Waals surface area contributed by atoms with Gasteiger partial charge in [-0.15, -0.1) is 0 Å². The quantitative estimate of drug-likeness (QED) is 0.728. The molecular formula is C10H16N6O2. The maximum atomic E-state index is 11.3. The number of nitrogens with zero attached hydrogens (tertiary/aromatic N) is 4. The highest BCUT2D eigenvalue weighted by Crippen LogP contribution is 2.15. The first-order valence-electron chi connectivity index (χ1n) is 5.78. The smallest absolute Gasteiger partial charge is 0.322 e. The number of amides is 1. The van der Waals surface area contributed by atoms with Gasteiger partial charge in [0.15, 0.2) is 0 Å². The van der Waals surface area contributed by atoms with Crippen LogP contribution in [0, 0.1) is 0 Å². The Morgan fingerprint density at radius 2 is 2.28 bits per heavy atom. The van der Waals surface area contributed by atoms with E-state index in [0.717, 1.165) is 0 Å². The fourth-order valence-electron chi connectivity index (χ4n) is 1.63. The predicted molar refractivity (Wildman–Crippen MR) is 65.8 cm³/mol. The number of rotatable bonds is 4. The van der Waals surface area contributed by atoms with Crippen molar-refractivity contribution in [3.63, 3.8) is 0 Å². The van der Waals surface area contributed by atoms with Crippen LogP contribution in [-0.2, 0) is 4.79 Å². The van der Waals surface area contributed by atoms with E-state index in [9.17, 15) is 4.79 Å². The van der Waals surface area contributed by atoms with Crippen molar-refractivity contribution in [2.45, 2.75) is 6.92 Å². The molecule has 8 nitrogen and oxygen atoms in total. The maximum absolute atomic E-state index is 11.3. The summed E-state index contributed by atoms with van der Waals surface area (Å²) in [5.41, 5.74) is 0. The highest BCUT2D eigenvalue weighted by Gasteiger charge is 2.20. The molecule has 2 N–H and O–H groups in total. The zero-order chi connectivity index (χ0) is 13.0. The van der Waals surface area contributed by atoms with Gasteiger partial charge >= 0.3 is 6.01 Å². The number of nitrogens with one attached hydrogen (secondary N) is 2. The van der Waals surface area contributed by atoms with Crippen LogP contribution in [0.5, 0.6) is 6.01 Å². The first-order chi connectivity index (χ1) is 8.72. The Kier molecular flexibility index (Phi) is 3.75. The summed E-state index contributed by atoms with van der Waals surface area (Å²) >= 11 is 0. The molecule has 0 spiro atoms. The molecule has 0 saturated carbocycles. The second-order valence-electron chi connectivity index (χ2n) is 3.75. The fourth-order valence-corrected chi connectivity index (χ4v) is 1.63. The first-order valence-corrected chi connectivity index (χ1v) is 5.78. The van der Waals surface area contributed by atoms with Crippen LogP contribution in [0.2, 0.25) is 0 Å². The third-order valence-corrected chi connectivity index (χ3v) is 2.44. The lowest BCUT2D eigenvalue weighted by atomic mass is 10.4. The lowest BCUT2D eigenvalue weighted by Crippen LogP contribution is -2.48. The van der Waals surface area contributed by atoms with Crippen molar-refractivity contribution in [1.29, 1.82) is 0 Å². The molecule has 0 aliphatic carbocycles. The van der Waals surface area contributed by atoms with E-state index in [1.807, 2.05) is 6.92 Å². The summed E-state index contributed by atoms with van der Waals surface area (Å²) in [5, 5.41) is 5.75. The van der Waals surface area contributed by atoms with Crippen molar-refractivity contribution in [3.8, 4) is 6.01 Å². The molecule has 8 heteroatoms. The van der Waals surface area contributed by atoms with Gasteiger partial charge in [0, 0.05) is 19.6 Å². The van der Waals surface area contributed by atoms with Gasteiger partial charge in [0.2, 0.25) is 17.8 Å². The van der Waals surface area contributed by atoms with E-state index in [1.54, 1.807) is 4.90 Å². The van der Waals surface area contributed by atoms with Gasteiger partial charge in [-0.3, -0.25) is 4.79 Å². The van der Waals surface area contributed by atoms with Gasteiger partial charge in [-0.2, -0.15) is 15.0 Å². The molecule has 0 aromatic carbocycles. The van der Waals surface area contributed by atoms with Crippen molar-refractivity contribution < 1.29 is 9.53 Å². The Hall–Kier alpha value is -2.12. The molecule has 2 heterocycles. The molecule has 1 aromatic rings. The van der Waals surface area contributed by atoms with Crippen molar-refractivity contribution in [2.24, 2.45) is 0 Å². The normalized spacial score (nSPS) is 15.2. The first kappa shape index (κ1) is 12.3. The molecule has 0 radical (unpaired) electrons. The van der Waals surface area contributed by atoms with Crippen LogP contribution in [0.4, 0.5) is 11.9 Å². The second-order valence-corrected chi connectivity index (χ2v) is 3.75. The molecule has 0 atom stereocenters. The van der Waals surface area contributed by atoms with E-state index in [4.69, 9.17) is 4.74 Å². The van der Waals surface area contributed by atoms with Crippen LogP contribution in [0.1, 0.15) is 6.92 Å². The van der Waals surface area contributed by atoms with Crippen LogP contribution >= 0.6 is 0 Å². The Morgan fingerprint density at radius 1 is 1.44 bits per heavy atom. The van der Waals surface area contributed by atoms with E-state index in [-0.39, 0.29) is 18.5 Å². The average Bonchev–Trinajstić information content (AvgIpc) is 2.39. The largest absolute Gasteiger partial charge is 0.467 e. The van der Waals surface area contributed by atoms with Gasteiger partial charge in [0.05, 0.1) is 13.7 Å². The molecule has 98 valence electrons. The number of carbonyl (C=O) groups is 1. The minimum absolute atomic E-state index is 0.0365. The van der Waals surface area contributed by atoms with E-state index < -0.39 is 0 Å². The Morgan fingerprint density at radius 3 is 2.94 bits per heavy atom. The molecule has 1 saturated heterocycles. The number of carbonyl (C=O) groups excluding carboxylic acids is 1. The van der Waals surface area contributed by atoms with Crippen molar-refractivity contribution in [3.05, 3.63) is 0 Å². The zero-order valence-electron chi connectivity index (χ0n) is 10.4. The molecule has 1 aliphatic heterocycles. The number of hydrogen-bond donors (Lipinski definition) is 2. The van der Waals surface area contributed by atoms with E-state index in [2.05, 4.69) is 25.6 Å². The fraction of sp³-hybridized carbons (Fsp3) is 0.600. The average molecular weight is 252 g/mol. The molecule has 1 aliphatic rings. The molecule has 0 bridgehead atoms. The van der Waals surface area contributed by atoms with Gasteiger partial charge in [-0.05, 0) is 6.92 Å². The topological polar surface area (TPSA) is 92.3 Å². The van der Waals surface area contributed by atoms with Gasteiger partial charge in [0.25, 0.3) is 0 Å². The summed E-state index contributed by atoms with van der Waals surface area (Å²) in [7, 11) is 1.50. The molecule has 18 heavy (non-hydrogen) atoms. The van der Waals surface area contributed by atoms with Gasteiger partial charge in [0.1, 0.15) is 0 Å². The lowest BCUT2D eigenvalue weighted by Gasteiger charge is -2.26. The van der Waals surface area contributed by atoms with Gasteiger partial charge in [-0.25, -0.2) is 0 Å². The number of anilines is 2. The van der Waals surface area contributed by atoms with Crippen molar-refractivity contribution in [1.82, 2.24) is 20.3 Å². The summed E-state index contributed by atoms with van der Waals surface area (Å²) in [6.07, 6.45) is 0. The monoisotopic (exact) mass is 252 g/mol. The standard InChI is InChI=1S/C10H16N6O2/c1-3-11-8-13-9(15-10(14-8)18-2)16-5-4-12-7(17)6-16/h3-6H2,1-2H3,(H,12,17)(H,11,13,14,15). The SMILES string of the molecule is CCNc1nc(OC)nc(N2CCNC(=O)C2)n1. The van der Waals surface area contributed by atoms with Gasteiger partial charge in [-0.1, -0.05) is 0 Å². The summed E-state index contributed by atoms with van der Waals surface area (Å²) in [4.78, 5) is 25.6. The van der Waals surface area contributed by atoms with E-state index >= 15 is 0 Å². The number of methoxy groups -OCH3 is 1. The minimum atomic E-state index is -0.0365. The number of ether oxygens (including phenoxy) is 1. The Labute approximate surface area is 105 Å². The summed E-state index contributed by atoms with van der Waals surface area (Å²) in [6, 6.07) is 0.238. The maximum Gasteiger partial charge on any atom is 0.322 e. The van der Waals surface area contributed by atoms with E-state index in [1.165, 1.54) is 7.11 Å². The van der Waals surface area contributed by atoms with Gasteiger partial charge < -0.3 is 20.3 Å². The second kappa shape index (κ2) is 5.48. The Bertz CT molecular complexity index is 438. The summed E-state index contributed by atoms with van der Waals surface area (Å²) in [6.45, 7) is 4.16. The molecule has 1 fully saturated rings. The van der Waals surface area contributed by atoms with Crippen LogP contribution in [0.25, 0.3) is 0 Å². The zero-order valence-corrected chi connectivity index (χ0v) is 10.4. The van der Waals surface area contributed by atoms with Crippen molar-refractivity contribution >= 4 is 17.8 Å². The summed E-state index contributed by atoms with van der Waals surface area (Å²) < 4.78 is 5.03. The number of piperazine rings is 1. The summed E-state index contributed by atoms with van der Waals surface area (Å²) in [5.74, 6) is 0.864. The highest BCUT2D eigenvalue weighted by molar-refractivity contribution is 5.81. The predicted octanol–water partition coefficient (Wildman–Crippen LogP) is -0.752. The number of aromatic nitrogens is 3. The minimum Gasteiger partial charge on any atom is -0.467 e. The third kappa shape index (κ3) is 2.76. The van der Waals surface area contributed by atoms with Crippen molar-refractivity contribution in [2.75, 3.05) is 43.5 Å². The van der Waals surface area contributed by atoms with Crippen LogP contribution in [0.3, 0.4) is 0 Å². The molecule has 2 rings (SSSR count). The highest BCUT2D eigenvalue weighted by atomic mass is 16.5. The van der Waals surface area contributed by atoms with Crippen LogP contribution in [0.15, 0.2) is 0 Å². The molecule has 1 amide bonds. The third-order valence-electron chi connectivity index (χ3n) is 2.44. The Balaban J connectivity index is 2.24. The molecule has 0 unspecified atom stereocenters. The molecule has 1 aromatic heterocycles. The van der Waals surface area contributed by atoms with Crippen LogP contribution in [-0.4, -0.2) is 54.1 Å². The number of hydrogen-bond acceptors (Lipinski definition) is 7. The lowest BCUT2D eigenvalue weighted by molar-refractivity contribution is -0.120.